The minimum absolute atomic E-state index is 0.0606. The van der Waals surface area contributed by atoms with E-state index >= 15 is 0 Å². The molecule has 0 fully saturated rings. The van der Waals surface area contributed by atoms with Crippen molar-refractivity contribution in [2.45, 2.75) is 17.6 Å². The van der Waals surface area contributed by atoms with Gasteiger partial charge in [0.25, 0.3) is 0 Å². The van der Waals surface area contributed by atoms with Gasteiger partial charge in [0.1, 0.15) is 5.82 Å². The Morgan fingerprint density at radius 2 is 1.62 bits per heavy atom. The summed E-state index contributed by atoms with van der Waals surface area (Å²) in [7, 11) is -4.36. The molecule has 180 valence electrons. The van der Waals surface area contributed by atoms with Gasteiger partial charge in [0.2, 0.25) is 15.9 Å². The number of carbonyl (C=O) groups is 1. The zero-order valence-corrected chi connectivity index (χ0v) is 19.4. The molecule has 5 nitrogen and oxygen atoms in total. The predicted molar refractivity (Wildman–Crippen MR) is 121 cm³/mol. The molecule has 0 aromatic heterocycles. The third-order valence-corrected chi connectivity index (χ3v) is 7.05. The van der Waals surface area contributed by atoms with Crippen LogP contribution >= 0.6 is 23.2 Å². The minimum atomic E-state index is -4.63. The number of carbonyl (C=O) groups excluding carboxylic acids is 1. The zero-order chi connectivity index (χ0) is 25.1. The van der Waals surface area contributed by atoms with Crippen molar-refractivity contribution in [1.29, 1.82) is 0 Å². The molecule has 1 amide bonds. The van der Waals surface area contributed by atoms with Crippen LogP contribution < -0.4 is 5.32 Å². The van der Waals surface area contributed by atoms with Crippen LogP contribution in [0.5, 0.6) is 0 Å². The molecule has 1 N–H and O–H groups in total. The summed E-state index contributed by atoms with van der Waals surface area (Å²) in [6, 6.07) is 12.7. The van der Waals surface area contributed by atoms with Gasteiger partial charge in [0, 0.05) is 27.8 Å². The first kappa shape index (κ1) is 26.0. The lowest BCUT2D eigenvalue weighted by Gasteiger charge is -2.23. The second-order valence-corrected chi connectivity index (χ2v) is 9.84. The Morgan fingerprint density at radius 1 is 0.971 bits per heavy atom. The molecule has 0 unspecified atom stereocenters. The summed E-state index contributed by atoms with van der Waals surface area (Å²) in [5.41, 5.74) is -1.35. The first-order valence-electron chi connectivity index (χ1n) is 9.53. The molecule has 0 atom stereocenters. The van der Waals surface area contributed by atoms with Crippen LogP contribution in [0.25, 0.3) is 0 Å². The number of hydrogen-bond acceptors (Lipinski definition) is 3. The third-order valence-electron chi connectivity index (χ3n) is 4.64. The number of hydrogen-bond donors (Lipinski definition) is 1. The van der Waals surface area contributed by atoms with E-state index in [-0.39, 0.29) is 26.2 Å². The van der Waals surface area contributed by atoms with Crippen LogP contribution in [-0.2, 0) is 27.5 Å². The van der Waals surface area contributed by atoms with E-state index in [1.54, 1.807) is 0 Å². The third kappa shape index (κ3) is 6.26. The Hall–Kier alpha value is -2.66. The number of nitrogens with zero attached hydrogens (tertiary/aromatic N) is 1. The van der Waals surface area contributed by atoms with Gasteiger partial charge in [-0.25, -0.2) is 12.8 Å². The van der Waals surface area contributed by atoms with Gasteiger partial charge in [-0.3, -0.25) is 4.79 Å². The Balaban J connectivity index is 1.92. The fourth-order valence-corrected chi connectivity index (χ4v) is 4.69. The average Bonchev–Trinajstić information content (AvgIpc) is 2.75. The second kappa shape index (κ2) is 10.3. The van der Waals surface area contributed by atoms with E-state index in [0.29, 0.717) is 10.4 Å². The van der Waals surface area contributed by atoms with Gasteiger partial charge in [0.05, 0.1) is 17.0 Å². The Labute approximate surface area is 203 Å². The van der Waals surface area contributed by atoms with Crippen molar-refractivity contribution in [3.8, 4) is 0 Å². The molecule has 3 aromatic rings. The van der Waals surface area contributed by atoms with Gasteiger partial charge in [-0.1, -0.05) is 35.3 Å². The van der Waals surface area contributed by atoms with E-state index < -0.39 is 46.6 Å². The number of nitrogens with one attached hydrogen (secondary N) is 1. The largest absolute Gasteiger partial charge is 0.416 e. The van der Waals surface area contributed by atoms with Crippen LogP contribution in [0.3, 0.4) is 0 Å². The summed E-state index contributed by atoms with van der Waals surface area (Å²) in [6.45, 7) is -1.43. The highest BCUT2D eigenvalue weighted by Crippen LogP contribution is 2.31. The molecule has 0 radical (unpaired) electrons. The van der Waals surface area contributed by atoms with Crippen LogP contribution in [0.2, 0.25) is 10.0 Å². The molecular weight excluding hydrogens is 519 g/mol. The van der Waals surface area contributed by atoms with Gasteiger partial charge >= 0.3 is 6.18 Å². The fourth-order valence-electron chi connectivity index (χ4n) is 2.98. The summed E-state index contributed by atoms with van der Waals surface area (Å²) >= 11 is 11.8. The quantitative estimate of drug-likeness (QED) is 0.379. The molecule has 0 heterocycles. The van der Waals surface area contributed by atoms with E-state index in [1.165, 1.54) is 42.5 Å². The summed E-state index contributed by atoms with van der Waals surface area (Å²) in [4.78, 5) is 12.4. The lowest BCUT2D eigenvalue weighted by atomic mass is 10.2. The first-order chi connectivity index (χ1) is 15.9. The highest BCUT2D eigenvalue weighted by molar-refractivity contribution is 7.89. The molecule has 0 aliphatic heterocycles. The molecule has 3 rings (SSSR count). The molecule has 0 bridgehead atoms. The van der Waals surface area contributed by atoms with Crippen molar-refractivity contribution < 1.29 is 30.8 Å². The minimum Gasteiger partial charge on any atom is -0.325 e. The first-order valence-corrected chi connectivity index (χ1v) is 11.7. The summed E-state index contributed by atoms with van der Waals surface area (Å²) < 4.78 is 80.3. The SMILES string of the molecule is O=C(CN(Cc1c(F)cccc1Cl)S(=O)(=O)c1ccc(Cl)cc1)Nc1cccc(C(F)(F)F)c1. The molecule has 0 spiro atoms. The van der Waals surface area contributed by atoms with Gasteiger partial charge < -0.3 is 5.32 Å². The lowest BCUT2D eigenvalue weighted by Crippen LogP contribution is -2.38. The van der Waals surface area contributed by atoms with Crippen LogP contribution in [-0.4, -0.2) is 25.2 Å². The molecule has 0 saturated carbocycles. The standard InChI is InChI=1S/C22H16Cl2F4N2O3S/c23-15-7-9-17(10-8-15)34(32,33)30(12-18-19(24)5-2-6-20(18)25)13-21(31)29-16-4-1-3-14(11-16)22(26,27)28/h1-11H,12-13H2,(H,29,31). The smallest absolute Gasteiger partial charge is 0.325 e. The molecule has 0 aliphatic rings. The van der Waals surface area contributed by atoms with Crippen LogP contribution in [0, 0.1) is 5.82 Å². The summed E-state index contributed by atoms with van der Waals surface area (Å²) in [6.07, 6.45) is -4.63. The predicted octanol–water partition coefficient (Wildman–Crippen LogP) is 5.98. The van der Waals surface area contributed by atoms with Crippen molar-refractivity contribution in [3.05, 3.63) is 93.7 Å². The van der Waals surface area contributed by atoms with Crippen molar-refractivity contribution in [2.75, 3.05) is 11.9 Å². The molecular formula is C22H16Cl2F4N2O3S. The Kier molecular flexibility index (Phi) is 7.87. The normalized spacial score (nSPS) is 12.1. The van der Waals surface area contributed by atoms with Crippen molar-refractivity contribution >= 4 is 44.8 Å². The van der Waals surface area contributed by atoms with E-state index in [0.717, 1.165) is 18.2 Å². The number of sulfonamides is 1. The maximum atomic E-state index is 14.4. The summed E-state index contributed by atoms with van der Waals surface area (Å²) in [5, 5.41) is 2.45. The zero-order valence-electron chi connectivity index (χ0n) is 17.1. The summed E-state index contributed by atoms with van der Waals surface area (Å²) in [5.74, 6) is -1.73. The number of anilines is 1. The number of amides is 1. The highest BCUT2D eigenvalue weighted by Gasteiger charge is 2.31. The van der Waals surface area contributed by atoms with Crippen LogP contribution in [0.15, 0.2) is 71.6 Å². The van der Waals surface area contributed by atoms with E-state index in [1.807, 2.05) is 0 Å². The molecule has 34 heavy (non-hydrogen) atoms. The number of rotatable bonds is 7. The number of alkyl halides is 3. The van der Waals surface area contributed by atoms with Crippen LogP contribution in [0.4, 0.5) is 23.2 Å². The van der Waals surface area contributed by atoms with Crippen LogP contribution in [0.1, 0.15) is 11.1 Å². The van der Waals surface area contributed by atoms with Crippen molar-refractivity contribution in [2.24, 2.45) is 0 Å². The van der Waals surface area contributed by atoms with Gasteiger partial charge in [-0.15, -0.1) is 0 Å². The highest BCUT2D eigenvalue weighted by atomic mass is 35.5. The maximum absolute atomic E-state index is 14.4. The molecule has 0 saturated heterocycles. The molecule has 3 aromatic carbocycles. The molecule has 12 heteroatoms. The number of benzene rings is 3. The second-order valence-electron chi connectivity index (χ2n) is 7.05. The Bertz CT molecular complexity index is 1280. The lowest BCUT2D eigenvalue weighted by molar-refractivity contribution is -0.137. The van der Waals surface area contributed by atoms with Gasteiger partial charge in [-0.2, -0.15) is 17.5 Å². The fraction of sp³-hybridized carbons (Fsp3) is 0.136. The van der Waals surface area contributed by atoms with Gasteiger partial charge in [0.15, 0.2) is 0 Å². The average molecular weight is 535 g/mol. The van der Waals surface area contributed by atoms with E-state index in [4.69, 9.17) is 23.2 Å². The monoisotopic (exact) mass is 534 g/mol. The van der Waals surface area contributed by atoms with Crippen molar-refractivity contribution in [1.82, 2.24) is 4.31 Å². The van der Waals surface area contributed by atoms with Gasteiger partial charge in [-0.05, 0) is 54.6 Å². The number of halogens is 6. The van der Waals surface area contributed by atoms with E-state index in [2.05, 4.69) is 5.32 Å². The topological polar surface area (TPSA) is 66.5 Å². The van der Waals surface area contributed by atoms with Crippen molar-refractivity contribution in [3.63, 3.8) is 0 Å². The van der Waals surface area contributed by atoms with E-state index in [9.17, 15) is 30.8 Å². The Morgan fingerprint density at radius 3 is 2.24 bits per heavy atom. The molecule has 0 aliphatic carbocycles. The maximum Gasteiger partial charge on any atom is 0.416 e.